The third-order valence-corrected chi connectivity index (χ3v) is 5.77. The molecule has 1 saturated heterocycles. The maximum absolute atomic E-state index is 13.7. The summed E-state index contributed by atoms with van der Waals surface area (Å²) in [7, 11) is -3.70. The number of nitrogen functional groups attached to an aromatic ring is 1. The Hall–Kier alpha value is -1.14. The molecule has 1 fully saturated rings. The van der Waals surface area contributed by atoms with E-state index in [0.717, 1.165) is 18.9 Å². The van der Waals surface area contributed by atoms with Crippen LogP contribution in [0, 0.1) is 18.2 Å². The highest BCUT2D eigenvalue weighted by molar-refractivity contribution is 7.89. The largest absolute Gasteiger partial charge is 0.399 e. The van der Waals surface area contributed by atoms with E-state index < -0.39 is 15.8 Å². The molecule has 1 aliphatic heterocycles. The summed E-state index contributed by atoms with van der Waals surface area (Å²) in [5.41, 5.74) is 5.78. The highest BCUT2D eigenvalue weighted by Gasteiger charge is 2.35. The van der Waals surface area contributed by atoms with E-state index in [-0.39, 0.29) is 21.6 Å². The molecule has 1 heterocycles. The highest BCUT2D eigenvalue weighted by atomic mass is 32.2. The number of nitrogens with zero attached hydrogens (tertiary/aromatic N) is 1. The van der Waals surface area contributed by atoms with E-state index in [4.69, 9.17) is 5.73 Å². The van der Waals surface area contributed by atoms with E-state index in [0.29, 0.717) is 13.1 Å². The van der Waals surface area contributed by atoms with Crippen molar-refractivity contribution in [2.45, 2.75) is 38.5 Å². The summed E-state index contributed by atoms with van der Waals surface area (Å²) in [5.74, 6) is -0.583. The lowest BCUT2D eigenvalue weighted by Crippen LogP contribution is -2.43. The van der Waals surface area contributed by atoms with Gasteiger partial charge in [-0.15, -0.1) is 0 Å². The summed E-state index contributed by atoms with van der Waals surface area (Å²) in [4.78, 5) is -0.0206. The van der Waals surface area contributed by atoms with Gasteiger partial charge in [0.15, 0.2) is 0 Å². The molecule has 0 saturated carbocycles. The Kier molecular flexibility index (Phi) is 3.81. The van der Waals surface area contributed by atoms with Crippen LogP contribution in [-0.2, 0) is 10.0 Å². The van der Waals surface area contributed by atoms with Gasteiger partial charge in [-0.2, -0.15) is 4.31 Å². The van der Waals surface area contributed by atoms with Crippen molar-refractivity contribution in [2.75, 3.05) is 18.8 Å². The lowest BCUT2D eigenvalue weighted by molar-refractivity contribution is 0.187. The highest BCUT2D eigenvalue weighted by Crippen LogP contribution is 2.33. The second-order valence-corrected chi connectivity index (χ2v) is 8.14. The van der Waals surface area contributed by atoms with Gasteiger partial charge in [-0.25, -0.2) is 12.8 Å². The van der Waals surface area contributed by atoms with Crippen molar-refractivity contribution in [3.05, 3.63) is 23.5 Å². The van der Waals surface area contributed by atoms with Crippen molar-refractivity contribution in [1.82, 2.24) is 4.31 Å². The molecular weight excluding hydrogens is 279 g/mol. The minimum absolute atomic E-state index is 0.0206. The molecule has 6 heteroatoms. The zero-order valence-corrected chi connectivity index (χ0v) is 12.9. The van der Waals surface area contributed by atoms with Crippen LogP contribution in [0.1, 0.15) is 32.3 Å². The second kappa shape index (κ2) is 5.00. The first-order valence-corrected chi connectivity index (χ1v) is 8.13. The minimum atomic E-state index is -3.70. The molecule has 2 N–H and O–H groups in total. The van der Waals surface area contributed by atoms with Crippen LogP contribution in [0.5, 0.6) is 0 Å². The number of hydrogen-bond acceptors (Lipinski definition) is 3. The first-order valence-electron chi connectivity index (χ1n) is 6.69. The summed E-state index contributed by atoms with van der Waals surface area (Å²) in [6, 6.07) is 2.49. The number of benzene rings is 1. The molecule has 0 unspecified atom stereocenters. The van der Waals surface area contributed by atoms with Crippen molar-refractivity contribution >= 4 is 15.7 Å². The molecule has 4 nitrogen and oxygen atoms in total. The van der Waals surface area contributed by atoms with Gasteiger partial charge < -0.3 is 5.73 Å². The zero-order chi connectivity index (χ0) is 15.1. The van der Waals surface area contributed by atoms with E-state index in [1.54, 1.807) is 0 Å². The molecule has 20 heavy (non-hydrogen) atoms. The van der Waals surface area contributed by atoms with Crippen LogP contribution in [0.25, 0.3) is 0 Å². The molecule has 0 bridgehead atoms. The Morgan fingerprint density at radius 3 is 2.60 bits per heavy atom. The van der Waals surface area contributed by atoms with Gasteiger partial charge in [-0.3, -0.25) is 0 Å². The normalized spacial score (nSPS) is 20.0. The summed E-state index contributed by atoms with van der Waals surface area (Å²) in [5, 5.41) is 0. The molecule has 0 radical (unpaired) electrons. The molecule has 1 aliphatic rings. The van der Waals surface area contributed by atoms with E-state index in [1.165, 1.54) is 17.3 Å². The van der Waals surface area contributed by atoms with Crippen LogP contribution in [0.2, 0.25) is 0 Å². The molecule has 0 aromatic heterocycles. The number of piperidine rings is 1. The van der Waals surface area contributed by atoms with Gasteiger partial charge in [0.05, 0.1) is 4.90 Å². The number of hydrogen-bond donors (Lipinski definition) is 1. The first-order chi connectivity index (χ1) is 9.13. The number of sulfonamides is 1. The van der Waals surface area contributed by atoms with Crippen molar-refractivity contribution in [2.24, 2.45) is 5.41 Å². The van der Waals surface area contributed by atoms with E-state index in [2.05, 4.69) is 0 Å². The monoisotopic (exact) mass is 300 g/mol. The Morgan fingerprint density at radius 2 is 2.00 bits per heavy atom. The van der Waals surface area contributed by atoms with Gasteiger partial charge in [0.1, 0.15) is 5.82 Å². The molecule has 0 spiro atoms. The lowest BCUT2D eigenvalue weighted by atomic mass is 9.85. The molecule has 0 atom stereocenters. The van der Waals surface area contributed by atoms with Crippen LogP contribution in [0.15, 0.2) is 17.0 Å². The van der Waals surface area contributed by atoms with Gasteiger partial charge >= 0.3 is 0 Å². The topological polar surface area (TPSA) is 63.4 Å². The van der Waals surface area contributed by atoms with Gasteiger partial charge in [0, 0.05) is 24.3 Å². The average Bonchev–Trinajstić information content (AvgIpc) is 2.32. The van der Waals surface area contributed by atoms with Crippen LogP contribution in [0.4, 0.5) is 10.1 Å². The van der Waals surface area contributed by atoms with E-state index >= 15 is 0 Å². The zero-order valence-electron chi connectivity index (χ0n) is 12.1. The number of rotatable bonds is 2. The fraction of sp³-hybridized carbons (Fsp3) is 0.571. The average molecular weight is 300 g/mol. The van der Waals surface area contributed by atoms with Gasteiger partial charge in [0.2, 0.25) is 10.0 Å². The van der Waals surface area contributed by atoms with E-state index in [1.807, 2.05) is 13.8 Å². The van der Waals surface area contributed by atoms with Crippen molar-refractivity contribution in [1.29, 1.82) is 0 Å². The maximum atomic E-state index is 13.7. The first kappa shape index (κ1) is 15.3. The smallest absolute Gasteiger partial charge is 0.243 e. The summed E-state index contributed by atoms with van der Waals surface area (Å²) < 4.78 is 40.6. The summed E-state index contributed by atoms with van der Waals surface area (Å²) >= 11 is 0. The SMILES string of the molecule is Cc1c(F)cc(N)cc1S(=O)(=O)N1CCCC(C)(C)C1. The molecule has 1 aromatic rings. The minimum Gasteiger partial charge on any atom is -0.399 e. The number of nitrogens with two attached hydrogens (primary N) is 1. The third-order valence-electron chi connectivity index (χ3n) is 3.80. The Morgan fingerprint density at radius 1 is 1.35 bits per heavy atom. The molecule has 2 rings (SSSR count). The van der Waals surface area contributed by atoms with Crippen LogP contribution in [-0.4, -0.2) is 25.8 Å². The Balaban J connectivity index is 2.46. The summed E-state index contributed by atoms with van der Waals surface area (Å²) in [6.07, 6.45) is 1.80. The predicted molar refractivity (Wildman–Crippen MR) is 77.3 cm³/mol. The quantitative estimate of drug-likeness (QED) is 0.854. The number of halogens is 1. The molecule has 0 aliphatic carbocycles. The third kappa shape index (κ3) is 2.81. The second-order valence-electron chi connectivity index (χ2n) is 6.23. The van der Waals surface area contributed by atoms with E-state index in [9.17, 15) is 12.8 Å². The molecular formula is C14H21FN2O2S. The predicted octanol–water partition coefficient (Wildman–Crippen LogP) is 2.53. The van der Waals surface area contributed by atoms with Gasteiger partial charge in [0.25, 0.3) is 0 Å². The summed E-state index contributed by atoms with van der Waals surface area (Å²) in [6.45, 7) is 6.48. The lowest BCUT2D eigenvalue weighted by Gasteiger charge is -2.37. The fourth-order valence-corrected chi connectivity index (χ4v) is 4.59. The van der Waals surface area contributed by atoms with Gasteiger partial charge in [-0.1, -0.05) is 13.8 Å². The fourth-order valence-electron chi connectivity index (χ4n) is 2.66. The van der Waals surface area contributed by atoms with Gasteiger partial charge in [-0.05, 0) is 37.3 Å². The van der Waals surface area contributed by atoms with Crippen molar-refractivity contribution < 1.29 is 12.8 Å². The number of anilines is 1. The molecule has 1 aromatic carbocycles. The van der Waals surface area contributed by atoms with Crippen LogP contribution >= 0.6 is 0 Å². The Bertz CT molecular complexity index is 626. The molecule has 0 amide bonds. The Labute approximate surface area is 119 Å². The molecule has 112 valence electrons. The standard InChI is InChI=1S/C14H21FN2O2S/c1-10-12(15)7-11(16)8-13(10)20(18,19)17-6-4-5-14(2,3)9-17/h7-8H,4-6,9,16H2,1-3H3. The van der Waals surface area contributed by atoms with Crippen LogP contribution in [0.3, 0.4) is 0 Å². The van der Waals surface area contributed by atoms with Crippen molar-refractivity contribution in [3.8, 4) is 0 Å². The van der Waals surface area contributed by atoms with Crippen molar-refractivity contribution in [3.63, 3.8) is 0 Å². The van der Waals surface area contributed by atoms with Crippen LogP contribution < -0.4 is 5.73 Å². The maximum Gasteiger partial charge on any atom is 0.243 e.